The van der Waals surface area contributed by atoms with Gasteiger partial charge in [0.25, 0.3) is 0 Å². The summed E-state index contributed by atoms with van der Waals surface area (Å²) in [6, 6.07) is -0.999. The van der Waals surface area contributed by atoms with Crippen molar-refractivity contribution >= 4 is 5.91 Å². The highest BCUT2D eigenvalue weighted by molar-refractivity contribution is 5.80. The number of ether oxygens (including phenoxy) is 2. The number of hydrogen-bond acceptors (Lipinski definition) is 9. The highest BCUT2D eigenvalue weighted by Gasteiger charge is 2.44. The number of allylic oxidation sites excluding steroid dienone is 5. The second kappa shape index (κ2) is 34.6. The van der Waals surface area contributed by atoms with Crippen molar-refractivity contribution in [1.29, 1.82) is 0 Å². The number of unbranched alkanes of at least 4 members (excludes halogenated alkanes) is 20. The van der Waals surface area contributed by atoms with Gasteiger partial charge in [-0.25, -0.2) is 0 Å². The van der Waals surface area contributed by atoms with Gasteiger partial charge in [0.05, 0.1) is 25.4 Å². The number of aliphatic hydroxyl groups is 6. The lowest BCUT2D eigenvalue weighted by Crippen LogP contribution is -2.60. The Morgan fingerprint density at radius 3 is 1.61 bits per heavy atom. The third-order valence-corrected chi connectivity index (χ3v) is 10.3. The Bertz CT molecular complexity index is 958. The summed E-state index contributed by atoms with van der Waals surface area (Å²) in [7, 11) is 0. The molecule has 1 heterocycles. The van der Waals surface area contributed by atoms with Gasteiger partial charge in [0.15, 0.2) is 6.29 Å². The minimum Gasteiger partial charge on any atom is -0.394 e. The molecule has 1 saturated heterocycles. The van der Waals surface area contributed by atoms with Crippen LogP contribution in [-0.4, -0.2) is 98.7 Å². The van der Waals surface area contributed by atoms with Gasteiger partial charge < -0.3 is 45.4 Å². The quantitative estimate of drug-likeness (QED) is 0.0256. The molecule has 0 aliphatic carbocycles. The van der Waals surface area contributed by atoms with Crippen LogP contribution in [0.15, 0.2) is 36.5 Å². The molecule has 0 aromatic rings. The predicted molar refractivity (Wildman–Crippen MR) is 218 cm³/mol. The van der Waals surface area contributed by atoms with Gasteiger partial charge in [-0.05, 0) is 44.9 Å². The maximum atomic E-state index is 13.0. The average molecular weight is 768 g/mol. The van der Waals surface area contributed by atoms with Crippen LogP contribution in [0.5, 0.6) is 0 Å². The summed E-state index contributed by atoms with van der Waals surface area (Å²) in [6.45, 7) is 3.55. The molecule has 1 fully saturated rings. The zero-order valence-corrected chi connectivity index (χ0v) is 34.1. The molecule has 0 aromatic carbocycles. The first-order chi connectivity index (χ1) is 26.3. The molecule has 0 saturated carbocycles. The molecule has 1 aliphatic heterocycles. The Balaban J connectivity index is 2.49. The van der Waals surface area contributed by atoms with E-state index in [1.165, 1.54) is 96.3 Å². The molecule has 316 valence electrons. The van der Waals surface area contributed by atoms with Crippen molar-refractivity contribution in [2.45, 2.75) is 223 Å². The molecule has 10 heteroatoms. The zero-order valence-electron chi connectivity index (χ0n) is 34.1. The summed E-state index contributed by atoms with van der Waals surface area (Å²) < 4.78 is 11.1. The van der Waals surface area contributed by atoms with Gasteiger partial charge in [-0.2, -0.15) is 0 Å². The number of carbonyl (C=O) groups is 1. The summed E-state index contributed by atoms with van der Waals surface area (Å²) >= 11 is 0. The minimum atomic E-state index is -1.62. The Morgan fingerprint density at radius 1 is 0.630 bits per heavy atom. The third-order valence-electron chi connectivity index (χ3n) is 10.3. The van der Waals surface area contributed by atoms with Gasteiger partial charge in [-0.1, -0.05) is 166 Å². The molecule has 8 atom stereocenters. The van der Waals surface area contributed by atoms with E-state index in [4.69, 9.17) is 9.47 Å². The second-order valence-electron chi connectivity index (χ2n) is 15.3. The summed E-state index contributed by atoms with van der Waals surface area (Å²) in [6.07, 6.45) is 30.9. The molecular formula is C44H81NO9. The van der Waals surface area contributed by atoms with Crippen LogP contribution in [-0.2, 0) is 14.3 Å². The molecule has 8 unspecified atom stereocenters. The summed E-state index contributed by atoms with van der Waals surface area (Å²) in [5.74, 6) is -0.631. The van der Waals surface area contributed by atoms with E-state index in [0.717, 1.165) is 44.9 Å². The molecular weight excluding hydrogens is 686 g/mol. The second-order valence-corrected chi connectivity index (χ2v) is 15.3. The summed E-state index contributed by atoms with van der Waals surface area (Å²) in [5, 5.41) is 64.5. The van der Waals surface area contributed by atoms with Crippen molar-refractivity contribution in [3.8, 4) is 0 Å². The molecule has 0 radical (unpaired) electrons. The maximum absolute atomic E-state index is 13.0. The number of amides is 1. The van der Waals surface area contributed by atoms with Gasteiger partial charge in [0, 0.05) is 0 Å². The third kappa shape index (κ3) is 24.8. The molecule has 0 spiro atoms. The smallest absolute Gasteiger partial charge is 0.249 e. The fourth-order valence-corrected chi connectivity index (χ4v) is 6.66. The molecule has 0 bridgehead atoms. The van der Waals surface area contributed by atoms with E-state index in [1.54, 1.807) is 6.08 Å². The topological polar surface area (TPSA) is 169 Å². The fraction of sp³-hybridized carbons (Fsp3) is 0.841. The first-order valence-corrected chi connectivity index (χ1v) is 21.8. The van der Waals surface area contributed by atoms with Gasteiger partial charge >= 0.3 is 0 Å². The van der Waals surface area contributed by atoms with Crippen molar-refractivity contribution < 1.29 is 44.9 Å². The molecule has 10 nitrogen and oxygen atoms in total. The van der Waals surface area contributed by atoms with Crippen LogP contribution in [0.25, 0.3) is 0 Å². The van der Waals surface area contributed by atoms with Gasteiger partial charge in [-0.3, -0.25) is 4.79 Å². The Morgan fingerprint density at radius 2 is 1.09 bits per heavy atom. The lowest BCUT2D eigenvalue weighted by molar-refractivity contribution is -0.302. The largest absolute Gasteiger partial charge is 0.394 e. The summed E-state index contributed by atoms with van der Waals surface area (Å²) in [4.78, 5) is 13.0. The number of rotatable bonds is 35. The van der Waals surface area contributed by atoms with Crippen LogP contribution < -0.4 is 5.32 Å². The van der Waals surface area contributed by atoms with Crippen molar-refractivity contribution in [3.05, 3.63) is 36.5 Å². The molecule has 7 N–H and O–H groups in total. The number of hydrogen-bond donors (Lipinski definition) is 7. The first-order valence-electron chi connectivity index (χ1n) is 21.8. The van der Waals surface area contributed by atoms with Crippen molar-refractivity contribution in [2.24, 2.45) is 0 Å². The Kier molecular flexibility index (Phi) is 32.3. The normalized spacial score (nSPS) is 22.4. The van der Waals surface area contributed by atoms with Crippen molar-refractivity contribution in [2.75, 3.05) is 13.2 Å². The standard InChI is InChI=1S/C44H81NO9/c1-3-5-7-9-11-13-15-17-19-21-23-25-27-29-31-33-38(48)43(52)45-36(35-53-44-42(51)41(50)40(49)39(34-46)54-44)37(47)32-30-28-26-24-22-20-18-16-14-12-10-8-6-4-2/h14,16,22,24,30,32,36-42,44,46-51H,3-13,15,17-21,23,25-29,31,33-35H2,1-2H3,(H,45,52)/b16-14+,24-22+,32-30+. The Hall–Kier alpha value is -1.63. The average Bonchev–Trinajstić information content (AvgIpc) is 3.17. The lowest BCUT2D eigenvalue weighted by atomic mass is 9.99. The molecule has 1 rings (SSSR count). The molecule has 54 heavy (non-hydrogen) atoms. The minimum absolute atomic E-state index is 0.303. The summed E-state index contributed by atoms with van der Waals surface area (Å²) in [5.41, 5.74) is 0. The van der Waals surface area contributed by atoms with Crippen LogP contribution >= 0.6 is 0 Å². The number of carbonyl (C=O) groups excluding carboxylic acids is 1. The lowest BCUT2D eigenvalue weighted by Gasteiger charge is -2.40. The van der Waals surface area contributed by atoms with Crippen LogP contribution in [0.4, 0.5) is 0 Å². The Labute approximate surface area is 328 Å². The maximum Gasteiger partial charge on any atom is 0.249 e. The van der Waals surface area contributed by atoms with Crippen molar-refractivity contribution in [3.63, 3.8) is 0 Å². The van der Waals surface area contributed by atoms with E-state index in [-0.39, 0.29) is 6.61 Å². The van der Waals surface area contributed by atoms with Gasteiger partial charge in [0.1, 0.15) is 30.5 Å². The van der Waals surface area contributed by atoms with E-state index in [0.29, 0.717) is 19.3 Å². The fourth-order valence-electron chi connectivity index (χ4n) is 6.66. The van der Waals surface area contributed by atoms with E-state index in [9.17, 15) is 35.4 Å². The predicted octanol–water partition coefficient (Wildman–Crippen LogP) is 7.47. The zero-order chi connectivity index (χ0) is 39.7. The van der Waals surface area contributed by atoms with Crippen molar-refractivity contribution in [1.82, 2.24) is 5.32 Å². The monoisotopic (exact) mass is 768 g/mol. The number of nitrogens with one attached hydrogen (secondary N) is 1. The number of aliphatic hydroxyl groups excluding tert-OH is 6. The van der Waals surface area contributed by atoms with Crippen LogP contribution in [0.2, 0.25) is 0 Å². The molecule has 0 aromatic heterocycles. The van der Waals surface area contributed by atoms with Crippen LogP contribution in [0.1, 0.15) is 174 Å². The van der Waals surface area contributed by atoms with E-state index < -0.39 is 61.5 Å². The van der Waals surface area contributed by atoms with Crippen LogP contribution in [0, 0.1) is 0 Å². The SMILES string of the molecule is CCCCCC/C=C/CC/C=C/CC/C=C/C(O)C(COC1OC(CO)C(O)C(O)C1O)NC(=O)C(O)CCCCCCCCCCCCCCCCC. The molecule has 1 amide bonds. The molecule has 1 aliphatic rings. The van der Waals surface area contributed by atoms with Gasteiger partial charge in [-0.15, -0.1) is 0 Å². The van der Waals surface area contributed by atoms with E-state index in [2.05, 4.69) is 43.5 Å². The highest BCUT2D eigenvalue weighted by Crippen LogP contribution is 2.22. The highest BCUT2D eigenvalue weighted by atomic mass is 16.7. The van der Waals surface area contributed by atoms with Crippen LogP contribution in [0.3, 0.4) is 0 Å². The van der Waals surface area contributed by atoms with Gasteiger partial charge in [0.2, 0.25) is 5.91 Å². The first kappa shape index (κ1) is 50.4. The van der Waals surface area contributed by atoms with E-state index in [1.807, 2.05) is 6.08 Å². The van der Waals surface area contributed by atoms with E-state index >= 15 is 0 Å².